The van der Waals surface area contributed by atoms with E-state index in [1.54, 1.807) is 7.05 Å². The van der Waals surface area contributed by atoms with Gasteiger partial charge in [0.05, 0.1) is 10.5 Å². The van der Waals surface area contributed by atoms with E-state index in [1.165, 1.54) is 17.0 Å². The van der Waals surface area contributed by atoms with Crippen molar-refractivity contribution in [3.63, 3.8) is 0 Å². The molecule has 0 fully saturated rings. The highest BCUT2D eigenvalue weighted by molar-refractivity contribution is 5.82. The number of nitro groups is 1. The van der Waals surface area contributed by atoms with Crippen LogP contribution in [-0.4, -0.2) is 49.8 Å². The predicted molar refractivity (Wildman–Crippen MR) is 101 cm³/mol. The average molecular weight is 371 g/mol. The van der Waals surface area contributed by atoms with E-state index in [9.17, 15) is 19.7 Å². The minimum Gasteiger partial charge on any atom is -0.483 e. The van der Waals surface area contributed by atoms with Crippen LogP contribution in [0.1, 0.15) is 15.9 Å². The van der Waals surface area contributed by atoms with E-state index in [0.29, 0.717) is 12.8 Å². The lowest BCUT2D eigenvalue weighted by Crippen LogP contribution is -2.31. The number of ether oxygens (including phenoxy) is 1. The molecule has 1 amide bonds. The van der Waals surface area contributed by atoms with Crippen molar-refractivity contribution in [1.82, 2.24) is 4.90 Å². The van der Waals surface area contributed by atoms with Crippen LogP contribution in [-0.2, 0) is 11.3 Å². The van der Waals surface area contributed by atoms with Crippen LogP contribution in [0.4, 0.5) is 11.4 Å². The van der Waals surface area contributed by atoms with Gasteiger partial charge in [-0.05, 0) is 23.8 Å². The fourth-order valence-corrected chi connectivity index (χ4v) is 2.38. The number of anilines is 1. The first kappa shape index (κ1) is 19.9. The lowest BCUT2D eigenvalue weighted by molar-refractivity contribution is -0.384. The Bertz CT molecular complexity index is 834. The molecule has 0 saturated heterocycles. The fourth-order valence-electron chi connectivity index (χ4n) is 2.38. The van der Waals surface area contributed by atoms with Gasteiger partial charge in [-0.25, -0.2) is 0 Å². The minimum atomic E-state index is -0.600. The molecule has 2 aromatic rings. The van der Waals surface area contributed by atoms with Crippen LogP contribution < -0.4 is 9.64 Å². The Balaban J connectivity index is 1.96. The van der Waals surface area contributed by atoms with Crippen LogP contribution in [0, 0.1) is 10.1 Å². The summed E-state index contributed by atoms with van der Waals surface area (Å²) in [6.07, 6.45) is 0.461. The van der Waals surface area contributed by atoms with Crippen molar-refractivity contribution in [3.8, 4) is 5.75 Å². The van der Waals surface area contributed by atoms with Gasteiger partial charge in [0.2, 0.25) is 0 Å². The Labute approximate surface area is 157 Å². The number of nitrogens with zero attached hydrogens (tertiary/aromatic N) is 3. The van der Waals surface area contributed by atoms with Crippen LogP contribution in [0.15, 0.2) is 42.5 Å². The molecule has 0 atom stereocenters. The maximum atomic E-state index is 12.3. The van der Waals surface area contributed by atoms with Crippen molar-refractivity contribution >= 4 is 23.6 Å². The second kappa shape index (κ2) is 8.79. The lowest BCUT2D eigenvalue weighted by atomic mass is 10.2. The van der Waals surface area contributed by atoms with Crippen molar-refractivity contribution < 1.29 is 19.2 Å². The van der Waals surface area contributed by atoms with Gasteiger partial charge in [0.25, 0.3) is 11.6 Å². The number of non-ortho nitro benzene ring substituents is 1. The number of nitro benzene ring substituents is 1. The number of hydrogen-bond donors (Lipinski definition) is 0. The van der Waals surface area contributed by atoms with Gasteiger partial charge in [0.1, 0.15) is 5.75 Å². The summed E-state index contributed by atoms with van der Waals surface area (Å²) in [5, 5.41) is 10.8. The minimum absolute atomic E-state index is 0.0268. The molecule has 2 aromatic carbocycles. The van der Waals surface area contributed by atoms with Crippen molar-refractivity contribution in [2.45, 2.75) is 6.54 Å². The molecule has 0 N–H and O–H groups in total. The van der Waals surface area contributed by atoms with Gasteiger partial charge in [-0.1, -0.05) is 12.1 Å². The summed E-state index contributed by atoms with van der Waals surface area (Å²) in [5.74, 6) is -0.144. The zero-order valence-electron chi connectivity index (χ0n) is 15.4. The summed E-state index contributed by atoms with van der Waals surface area (Å²) in [4.78, 5) is 37.0. The van der Waals surface area contributed by atoms with Crippen LogP contribution in [0.2, 0.25) is 0 Å². The zero-order chi connectivity index (χ0) is 20.0. The first-order valence-electron chi connectivity index (χ1n) is 8.18. The van der Waals surface area contributed by atoms with E-state index in [1.807, 2.05) is 43.3 Å². The molecule has 0 saturated carbocycles. The third kappa shape index (κ3) is 5.27. The summed E-state index contributed by atoms with van der Waals surface area (Å²) >= 11 is 0. The molecule has 142 valence electrons. The van der Waals surface area contributed by atoms with Crippen molar-refractivity contribution in [2.24, 2.45) is 0 Å². The van der Waals surface area contributed by atoms with Crippen LogP contribution in [0.3, 0.4) is 0 Å². The van der Waals surface area contributed by atoms with Crippen LogP contribution in [0.5, 0.6) is 5.75 Å². The number of amides is 1. The van der Waals surface area contributed by atoms with Gasteiger partial charge in [0.15, 0.2) is 12.9 Å². The van der Waals surface area contributed by atoms with Gasteiger partial charge in [-0.15, -0.1) is 0 Å². The third-order valence-electron chi connectivity index (χ3n) is 3.98. The number of hydrogen-bond acceptors (Lipinski definition) is 6. The van der Waals surface area contributed by atoms with E-state index in [2.05, 4.69) is 0 Å². The zero-order valence-corrected chi connectivity index (χ0v) is 15.4. The van der Waals surface area contributed by atoms with Gasteiger partial charge in [-0.2, -0.15) is 0 Å². The Morgan fingerprint density at radius 1 is 1.15 bits per heavy atom. The molecule has 0 heterocycles. The smallest absolute Gasteiger partial charge is 0.270 e. The molecular formula is C19H21N3O5. The molecule has 0 aliphatic rings. The van der Waals surface area contributed by atoms with E-state index < -0.39 is 4.92 Å². The van der Waals surface area contributed by atoms with Crippen molar-refractivity contribution in [1.29, 1.82) is 0 Å². The summed E-state index contributed by atoms with van der Waals surface area (Å²) < 4.78 is 5.38. The number of rotatable bonds is 8. The second-order valence-corrected chi connectivity index (χ2v) is 6.20. The van der Waals surface area contributed by atoms with E-state index >= 15 is 0 Å². The highest BCUT2D eigenvalue weighted by Crippen LogP contribution is 2.23. The number of likely N-dealkylation sites (N-methyl/N-ethyl adjacent to an activating group) is 1. The first-order valence-corrected chi connectivity index (χ1v) is 8.18. The molecular weight excluding hydrogens is 350 g/mol. The molecule has 0 aliphatic carbocycles. The molecule has 8 heteroatoms. The second-order valence-electron chi connectivity index (χ2n) is 6.20. The predicted octanol–water partition coefficient (Wildman–Crippen LogP) is 2.51. The maximum Gasteiger partial charge on any atom is 0.270 e. The maximum absolute atomic E-state index is 12.3. The number of benzene rings is 2. The molecule has 0 spiro atoms. The summed E-state index contributed by atoms with van der Waals surface area (Å²) in [6, 6.07) is 11.5. The van der Waals surface area contributed by atoms with E-state index in [4.69, 9.17) is 4.74 Å². The number of aldehydes is 1. The van der Waals surface area contributed by atoms with Crippen LogP contribution >= 0.6 is 0 Å². The first-order chi connectivity index (χ1) is 12.8. The van der Waals surface area contributed by atoms with Crippen molar-refractivity contribution in [3.05, 3.63) is 63.7 Å². The Kier molecular flexibility index (Phi) is 6.48. The lowest BCUT2D eigenvalue weighted by Gasteiger charge is -2.19. The van der Waals surface area contributed by atoms with Crippen LogP contribution in [0.25, 0.3) is 0 Å². The molecule has 0 bridgehead atoms. The van der Waals surface area contributed by atoms with Gasteiger partial charge in [-0.3, -0.25) is 19.7 Å². The third-order valence-corrected chi connectivity index (χ3v) is 3.98. The number of carbonyl (C=O) groups is 2. The molecule has 8 nitrogen and oxygen atoms in total. The quantitative estimate of drug-likeness (QED) is 0.402. The summed E-state index contributed by atoms with van der Waals surface area (Å²) in [7, 11) is 5.56. The Morgan fingerprint density at radius 3 is 2.37 bits per heavy atom. The fraction of sp³-hybridized carbons (Fsp3) is 0.263. The Hall–Kier alpha value is -3.42. The van der Waals surface area contributed by atoms with Gasteiger partial charge < -0.3 is 14.5 Å². The van der Waals surface area contributed by atoms with Gasteiger partial charge in [0, 0.05) is 45.5 Å². The highest BCUT2D eigenvalue weighted by atomic mass is 16.6. The normalized spacial score (nSPS) is 10.2. The molecule has 0 unspecified atom stereocenters. The average Bonchev–Trinajstić information content (AvgIpc) is 2.66. The van der Waals surface area contributed by atoms with Crippen molar-refractivity contribution in [2.75, 3.05) is 32.6 Å². The summed E-state index contributed by atoms with van der Waals surface area (Å²) in [5.41, 5.74) is 1.85. The molecule has 0 radical (unpaired) electrons. The molecule has 27 heavy (non-hydrogen) atoms. The largest absolute Gasteiger partial charge is 0.483 e. The van der Waals surface area contributed by atoms with E-state index in [0.717, 1.165) is 17.3 Å². The molecule has 2 rings (SSSR count). The monoisotopic (exact) mass is 371 g/mol. The van der Waals surface area contributed by atoms with E-state index in [-0.39, 0.29) is 29.5 Å². The SMILES string of the molecule is CN(Cc1ccc(N(C)C)cc1)C(=O)COc1ccc([N+](=O)[O-])cc1C=O. The molecule has 0 aromatic heterocycles. The van der Waals surface area contributed by atoms with Gasteiger partial charge >= 0.3 is 0 Å². The highest BCUT2D eigenvalue weighted by Gasteiger charge is 2.14. The Morgan fingerprint density at radius 2 is 1.81 bits per heavy atom. The topological polar surface area (TPSA) is 93.0 Å². The number of carbonyl (C=O) groups excluding carboxylic acids is 2. The standard InChI is InChI=1S/C19H21N3O5/c1-20(2)16-6-4-14(5-7-16)11-21(3)19(24)13-27-18-9-8-17(22(25)26)10-15(18)12-23/h4-10,12H,11,13H2,1-3H3. The molecule has 0 aliphatic heterocycles. The summed E-state index contributed by atoms with van der Waals surface area (Å²) in [6.45, 7) is 0.141.